The zero-order chi connectivity index (χ0) is 19.7. The van der Waals surface area contributed by atoms with Gasteiger partial charge in [0.15, 0.2) is 5.78 Å². The molecule has 0 saturated carbocycles. The predicted octanol–water partition coefficient (Wildman–Crippen LogP) is 1.53. The number of carbonyl (C=O) groups is 2. The molecule has 1 atom stereocenters. The molecule has 2 aromatic heterocycles. The van der Waals surface area contributed by atoms with Gasteiger partial charge >= 0.3 is 6.18 Å². The third-order valence-corrected chi connectivity index (χ3v) is 4.08. The summed E-state index contributed by atoms with van der Waals surface area (Å²) in [7, 11) is 2.88. The van der Waals surface area contributed by atoms with Gasteiger partial charge in [0.1, 0.15) is 11.5 Å². The van der Waals surface area contributed by atoms with E-state index in [-0.39, 0.29) is 11.5 Å². The van der Waals surface area contributed by atoms with Crippen molar-refractivity contribution in [2.75, 3.05) is 6.54 Å². The van der Waals surface area contributed by atoms with Gasteiger partial charge in [0, 0.05) is 51.2 Å². The van der Waals surface area contributed by atoms with E-state index in [1.54, 1.807) is 7.05 Å². The van der Waals surface area contributed by atoms with Crippen molar-refractivity contribution in [2.45, 2.75) is 25.1 Å². The predicted molar refractivity (Wildman–Crippen MR) is 85.5 cm³/mol. The largest absolute Gasteiger partial charge is 0.424 e. The highest BCUT2D eigenvalue weighted by molar-refractivity contribution is 5.99. The summed E-state index contributed by atoms with van der Waals surface area (Å²) >= 11 is 0. The molecule has 10 heteroatoms. The molecule has 1 amide bonds. The van der Waals surface area contributed by atoms with E-state index in [2.05, 4.69) is 10.3 Å². The number of alkyl halides is 3. The molecule has 0 aliphatic carbocycles. The first-order valence-electron chi connectivity index (χ1n) is 7.70. The van der Waals surface area contributed by atoms with Gasteiger partial charge in [-0.15, -0.1) is 0 Å². The Kier molecular flexibility index (Phi) is 5.26. The van der Waals surface area contributed by atoms with Gasteiger partial charge in [-0.1, -0.05) is 0 Å². The van der Waals surface area contributed by atoms with E-state index in [0.29, 0.717) is 5.56 Å². The summed E-state index contributed by atoms with van der Waals surface area (Å²) in [6, 6.07) is 1.35. The summed E-state index contributed by atoms with van der Waals surface area (Å²) in [5, 5.41) is 12.5. The Morgan fingerprint density at radius 1 is 1.27 bits per heavy atom. The topological polar surface area (TPSA) is 89.2 Å². The Morgan fingerprint density at radius 2 is 1.92 bits per heavy atom. The van der Waals surface area contributed by atoms with Crippen molar-refractivity contribution in [3.63, 3.8) is 0 Å². The van der Waals surface area contributed by atoms with Crippen LogP contribution in [0.1, 0.15) is 40.0 Å². The van der Waals surface area contributed by atoms with Crippen LogP contribution in [0.5, 0.6) is 0 Å². The standard InChI is InChI=1S/C16H19F3N4O3/c1-10(24)11-8-12(23(3)9-11)13(25)20-5-4-15(26,16(17,18)19)14-21-6-7-22(14)2/h6-9,26H,4-5H2,1-3H3,(H,20,25). The van der Waals surface area contributed by atoms with Crippen LogP contribution in [-0.2, 0) is 19.7 Å². The minimum Gasteiger partial charge on any atom is -0.374 e. The zero-order valence-electron chi connectivity index (χ0n) is 14.5. The molecule has 0 fully saturated rings. The molecule has 2 heterocycles. The molecule has 2 aromatic rings. The van der Waals surface area contributed by atoms with Gasteiger partial charge in [0.2, 0.25) is 5.60 Å². The number of amides is 1. The molecule has 0 saturated heterocycles. The van der Waals surface area contributed by atoms with Gasteiger partial charge in [-0.25, -0.2) is 4.98 Å². The van der Waals surface area contributed by atoms with Crippen molar-refractivity contribution in [3.8, 4) is 0 Å². The maximum absolute atomic E-state index is 13.4. The Balaban J connectivity index is 2.12. The second kappa shape index (κ2) is 6.94. The van der Waals surface area contributed by atoms with Gasteiger partial charge in [0.25, 0.3) is 5.91 Å². The van der Waals surface area contributed by atoms with E-state index in [1.807, 2.05) is 0 Å². The lowest BCUT2D eigenvalue weighted by Gasteiger charge is -2.29. The fourth-order valence-electron chi connectivity index (χ4n) is 2.57. The molecule has 0 aliphatic rings. The zero-order valence-corrected chi connectivity index (χ0v) is 14.5. The highest BCUT2D eigenvalue weighted by atomic mass is 19.4. The van der Waals surface area contributed by atoms with Crippen molar-refractivity contribution in [3.05, 3.63) is 41.7 Å². The maximum Gasteiger partial charge on any atom is 0.424 e. The van der Waals surface area contributed by atoms with Crippen molar-refractivity contribution in [1.82, 2.24) is 19.4 Å². The monoisotopic (exact) mass is 372 g/mol. The second-order valence-electron chi connectivity index (χ2n) is 6.01. The Morgan fingerprint density at radius 3 is 2.38 bits per heavy atom. The average molecular weight is 372 g/mol. The number of carbonyl (C=O) groups excluding carboxylic acids is 2. The van der Waals surface area contributed by atoms with Crippen LogP contribution in [0.3, 0.4) is 0 Å². The van der Waals surface area contributed by atoms with E-state index < -0.39 is 36.5 Å². The van der Waals surface area contributed by atoms with Crippen LogP contribution in [-0.4, -0.2) is 43.6 Å². The molecule has 0 spiro atoms. The SMILES string of the molecule is CC(=O)c1cc(C(=O)NCCC(O)(c2nccn2C)C(F)(F)F)n(C)c1. The number of Topliss-reactive ketones (excluding diaryl/α,β-unsaturated/α-hetero) is 1. The molecule has 0 radical (unpaired) electrons. The van der Waals surface area contributed by atoms with Crippen LogP contribution in [0.4, 0.5) is 13.2 Å². The highest BCUT2D eigenvalue weighted by Gasteiger charge is 2.57. The molecule has 0 bridgehead atoms. The van der Waals surface area contributed by atoms with E-state index >= 15 is 0 Å². The number of ketones is 1. The fourth-order valence-corrected chi connectivity index (χ4v) is 2.57. The lowest BCUT2D eigenvalue weighted by molar-refractivity contribution is -0.272. The smallest absolute Gasteiger partial charge is 0.374 e. The van der Waals surface area contributed by atoms with Crippen molar-refractivity contribution in [2.24, 2.45) is 14.1 Å². The van der Waals surface area contributed by atoms with Crippen molar-refractivity contribution in [1.29, 1.82) is 0 Å². The molecule has 142 valence electrons. The Hall–Kier alpha value is -2.62. The third-order valence-electron chi connectivity index (χ3n) is 4.08. The minimum atomic E-state index is -4.97. The van der Waals surface area contributed by atoms with Gasteiger partial charge in [-0.2, -0.15) is 13.2 Å². The Bertz CT molecular complexity index is 825. The van der Waals surface area contributed by atoms with Crippen LogP contribution in [0.15, 0.2) is 24.7 Å². The molecule has 0 aromatic carbocycles. The van der Waals surface area contributed by atoms with E-state index in [4.69, 9.17) is 0 Å². The number of aryl methyl sites for hydroxylation is 2. The lowest BCUT2D eigenvalue weighted by Crippen LogP contribution is -2.46. The number of halogens is 3. The van der Waals surface area contributed by atoms with Crippen LogP contribution in [0.25, 0.3) is 0 Å². The first-order chi connectivity index (χ1) is 12.0. The number of aromatic nitrogens is 3. The Labute approximate surface area is 147 Å². The van der Waals surface area contributed by atoms with E-state index in [0.717, 1.165) is 10.8 Å². The van der Waals surface area contributed by atoms with E-state index in [1.165, 1.54) is 37.0 Å². The molecule has 2 N–H and O–H groups in total. The highest BCUT2D eigenvalue weighted by Crippen LogP contribution is 2.40. The van der Waals surface area contributed by atoms with Gasteiger partial charge in [-0.05, 0) is 13.0 Å². The maximum atomic E-state index is 13.4. The van der Waals surface area contributed by atoms with Crippen LogP contribution < -0.4 is 5.32 Å². The summed E-state index contributed by atoms with van der Waals surface area (Å²) in [5.74, 6) is -1.44. The molecular formula is C16H19F3N4O3. The lowest BCUT2D eigenvalue weighted by atomic mass is 9.97. The fraction of sp³-hybridized carbons (Fsp3) is 0.438. The normalized spacial score (nSPS) is 14.1. The third kappa shape index (κ3) is 3.64. The number of rotatable bonds is 6. The van der Waals surface area contributed by atoms with Gasteiger partial charge < -0.3 is 19.6 Å². The number of hydrogen-bond donors (Lipinski definition) is 2. The summed E-state index contributed by atoms with van der Waals surface area (Å²) in [5.41, 5.74) is -2.75. The molecule has 26 heavy (non-hydrogen) atoms. The molecule has 2 rings (SSSR count). The van der Waals surface area contributed by atoms with Crippen molar-refractivity contribution >= 4 is 11.7 Å². The molecule has 1 unspecified atom stereocenters. The molecule has 0 aliphatic heterocycles. The first kappa shape index (κ1) is 19.7. The number of hydrogen-bond acceptors (Lipinski definition) is 4. The van der Waals surface area contributed by atoms with Crippen LogP contribution >= 0.6 is 0 Å². The first-order valence-corrected chi connectivity index (χ1v) is 7.70. The number of nitrogens with one attached hydrogen (secondary N) is 1. The second-order valence-corrected chi connectivity index (χ2v) is 6.01. The number of aliphatic hydroxyl groups is 1. The van der Waals surface area contributed by atoms with Crippen LogP contribution in [0.2, 0.25) is 0 Å². The summed E-state index contributed by atoms with van der Waals surface area (Å²) in [6.45, 7) is 0.898. The average Bonchev–Trinajstić information content (AvgIpc) is 3.12. The number of imidazole rings is 1. The van der Waals surface area contributed by atoms with Gasteiger partial charge in [-0.3, -0.25) is 9.59 Å². The van der Waals surface area contributed by atoms with Gasteiger partial charge in [0.05, 0.1) is 0 Å². The minimum absolute atomic E-state index is 0.128. The molecule has 7 nitrogen and oxygen atoms in total. The summed E-state index contributed by atoms with van der Waals surface area (Å²) in [6.07, 6.45) is -1.88. The summed E-state index contributed by atoms with van der Waals surface area (Å²) in [4.78, 5) is 27.1. The van der Waals surface area contributed by atoms with Crippen molar-refractivity contribution < 1.29 is 27.9 Å². The molecular weight excluding hydrogens is 353 g/mol. The van der Waals surface area contributed by atoms with Crippen LogP contribution in [0, 0.1) is 0 Å². The number of nitrogens with zero attached hydrogens (tertiary/aromatic N) is 3. The van der Waals surface area contributed by atoms with E-state index in [9.17, 15) is 27.9 Å². The quantitative estimate of drug-likeness (QED) is 0.753. The summed E-state index contributed by atoms with van der Waals surface area (Å²) < 4.78 is 42.7.